The zero-order valence-electron chi connectivity index (χ0n) is 14.1. The van der Waals surface area contributed by atoms with Crippen molar-refractivity contribution in [1.82, 2.24) is 0 Å². The van der Waals surface area contributed by atoms with Gasteiger partial charge in [0.25, 0.3) is 5.91 Å². The van der Waals surface area contributed by atoms with Crippen LogP contribution in [0.5, 0.6) is 0 Å². The minimum atomic E-state index is -1.37. The Kier molecular flexibility index (Phi) is 6.57. The van der Waals surface area contributed by atoms with E-state index in [-0.39, 0.29) is 11.3 Å². The molecule has 5 nitrogen and oxygen atoms in total. The number of carbonyl (C=O) groups is 2. The van der Waals surface area contributed by atoms with Gasteiger partial charge in [0.1, 0.15) is 11.6 Å². The van der Waals surface area contributed by atoms with E-state index < -0.39 is 40.4 Å². The zero-order valence-corrected chi connectivity index (χ0v) is 14.9. The van der Waals surface area contributed by atoms with Gasteiger partial charge in [-0.2, -0.15) is 0 Å². The summed E-state index contributed by atoms with van der Waals surface area (Å²) in [7, 11) is -1.37. The maximum absolute atomic E-state index is 13.6. The Morgan fingerprint density at radius 2 is 1.88 bits per heavy atom. The fourth-order valence-corrected chi connectivity index (χ4v) is 3.03. The van der Waals surface area contributed by atoms with E-state index in [0.29, 0.717) is 16.7 Å². The van der Waals surface area contributed by atoms with Gasteiger partial charge in [-0.15, -0.1) is 0 Å². The van der Waals surface area contributed by atoms with Crippen LogP contribution in [0.2, 0.25) is 0 Å². The molecule has 0 radical (unpaired) electrons. The van der Waals surface area contributed by atoms with Crippen molar-refractivity contribution < 1.29 is 27.3 Å². The maximum atomic E-state index is 13.6. The van der Waals surface area contributed by atoms with Crippen LogP contribution >= 0.6 is 0 Å². The van der Waals surface area contributed by atoms with Crippen LogP contribution in [0, 0.1) is 11.6 Å². The average Bonchev–Trinajstić information content (AvgIpc) is 2.63. The number of rotatable bonds is 6. The lowest BCUT2D eigenvalue weighted by Crippen LogP contribution is -2.30. The minimum absolute atomic E-state index is 0.0975. The summed E-state index contributed by atoms with van der Waals surface area (Å²) < 4.78 is 43.6. The van der Waals surface area contributed by atoms with Gasteiger partial charge >= 0.3 is 5.97 Å². The summed E-state index contributed by atoms with van der Waals surface area (Å²) >= 11 is 0. The predicted molar refractivity (Wildman–Crippen MR) is 93.3 cm³/mol. The Morgan fingerprint density at radius 3 is 2.54 bits per heavy atom. The first kappa shape index (κ1) is 19.7. The summed E-state index contributed by atoms with van der Waals surface area (Å²) in [6, 6.07) is 8.92. The van der Waals surface area contributed by atoms with Crippen LogP contribution in [0.15, 0.2) is 47.4 Å². The van der Waals surface area contributed by atoms with Gasteiger partial charge < -0.3 is 10.1 Å². The highest BCUT2D eigenvalue weighted by Crippen LogP contribution is 2.18. The summed E-state index contributed by atoms with van der Waals surface area (Å²) in [5.41, 5.74) is -0.132. The Bertz CT molecular complexity index is 857. The molecule has 138 valence electrons. The summed E-state index contributed by atoms with van der Waals surface area (Å²) in [6.45, 7) is 3.03. The van der Waals surface area contributed by atoms with Crippen LogP contribution in [-0.4, -0.2) is 27.9 Å². The SMILES string of the molecule is CC[S@@](=O)c1ccccc1C(=O)O[C@H](C)C(=O)Nc1ccc(F)cc1F. The highest BCUT2D eigenvalue weighted by molar-refractivity contribution is 7.85. The van der Waals surface area contributed by atoms with Gasteiger partial charge in [-0.3, -0.25) is 9.00 Å². The van der Waals surface area contributed by atoms with Gasteiger partial charge in [0.2, 0.25) is 0 Å². The van der Waals surface area contributed by atoms with E-state index >= 15 is 0 Å². The van der Waals surface area contributed by atoms with Crippen molar-refractivity contribution in [1.29, 1.82) is 0 Å². The second-order valence-electron chi connectivity index (χ2n) is 5.29. The Morgan fingerprint density at radius 1 is 1.19 bits per heavy atom. The average molecular weight is 381 g/mol. The van der Waals surface area contributed by atoms with Gasteiger partial charge in [0, 0.05) is 11.8 Å². The first-order valence-corrected chi connectivity index (χ1v) is 9.09. The third kappa shape index (κ3) is 4.72. The molecule has 0 heterocycles. The van der Waals surface area contributed by atoms with Crippen molar-refractivity contribution in [3.8, 4) is 0 Å². The molecule has 0 saturated carbocycles. The molecule has 0 aliphatic heterocycles. The third-order valence-corrected chi connectivity index (χ3v) is 4.83. The van der Waals surface area contributed by atoms with Gasteiger partial charge in [0.05, 0.1) is 26.9 Å². The molecule has 2 aromatic carbocycles. The lowest BCUT2D eigenvalue weighted by atomic mass is 10.2. The van der Waals surface area contributed by atoms with Crippen molar-refractivity contribution >= 4 is 28.4 Å². The van der Waals surface area contributed by atoms with E-state index in [1.54, 1.807) is 25.1 Å². The molecule has 1 N–H and O–H groups in total. The van der Waals surface area contributed by atoms with Crippen molar-refractivity contribution in [3.05, 3.63) is 59.7 Å². The number of esters is 1. The lowest BCUT2D eigenvalue weighted by molar-refractivity contribution is -0.123. The number of amides is 1. The van der Waals surface area contributed by atoms with Crippen molar-refractivity contribution in [2.24, 2.45) is 0 Å². The molecule has 2 aromatic rings. The van der Waals surface area contributed by atoms with Gasteiger partial charge in [0.15, 0.2) is 6.10 Å². The Labute approximate surface area is 151 Å². The Hall–Kier alpha value is -2.61. The topological polar surface area (TPSA) is 72.5 Å². The number of anilines is 1. The minimum Gasteiger partial charge on any atom is -0.449 e. The molecule has 1 amide bonds. The molecule has 8 heteroatoms. The summed E-state index contributed by atoms with van der Waals surface area (Å²) in [4.78, 5) is 24.7. The fourth-order valence-electron chi connectivity index (χ4n) is 2.09. The first-order chi connectivity index (χ1) is 12.3. The zero-order chi connectivity index (χ0) is 19.3. The number of ether oxygens (including phenoxy) is 1. The quantitative estimate of drug-likeness (QED) is 0.780. The van der Waals surface area contributed by atoms with Crippen molar-refractivity contribution in [2.45, 2.75) is 24.8 Å². The van der Waals surface area contributed by atoms with E-state index in [0.717, 1.165) is 12.1 Å². The van der Waals surface area contributed by atoms with E-state index in [2.05, 4.69) is 5.32 Å². The summed E-state index contributed by atoms with van der Waals surface area (Å²) in [5, 5.41) is 2.22. The molecule has 0 aliphatic carbocycles. The van der Waals surface area contributed by atoms with Crippen LogP contribution in [0.1, 0.15) is 24.2 Å². The third-order valence-electron chi connectivity index (χ3n) is 3.46. The van der Waals surface area contributed by atoms with Crippen molar-refractivity contribution in [3.63, 3.8) is 0 Å². The molecule has 26 heavy (non-hydrogen) atoms. The molecular formula is C18H17F2NO4S. The number of nitrogens with one attached hydrogen (secondary N) is 1. The second kappa shape index (κ2) is 8.66. The standard InChI is InChI=1S/C18H17F2NO4S/c1-3-26(24)16-7-5-4-6-13(16)18(23)25-11(2)17(22)21-15-9-8-12(19)10-14(15)20/h4-11H,3H2,1-2H3,(H,21,22)/t11-,26-/m1/s1. The van der Waals surface area contributed by atoms with E-state index in [1.807, 2.05) is 0 Å². The second-order valence-corrected chi connectivity index (χ2v) is 7.00. The molecule has 0 aromatic heterocycles. The van der Waals surface area contributed by atoms with E-state index in [9.17, 15) is 22.6 Å². The first-order valence-electron chi connectivity index (χ1n) is 7.77. The van der Waals surface area contributed by atoms with Crippen LogP contribution in [0.3, 0.4) is 0 Å². The van der Waals surface area contributed by atoms with Crippen LogP contribution in [-0.2, 0) is 20.3 Å². The molecule has 0 fully saturated rings. The number of carbonyl (C=O) groups excluding carboxylic acids is 2. The molecule has 2 rings (SSSR count). The molecule has 2 atom stereocenters. The number of hydrogen-bond acceptors (Lipinski definition) is 4. The highest BCUT2D eigenvalue weighted by atomic mass is 32.2. The summed E-state index contributed by atoms with van der Waals surface area (Å²) in [6.07, 6.45) is -1.24. The Balaban J connectivity index is 2.09. The smallest absolute Gasteiger partial charge is 0.340 e. The van der Waals surface area contributed by atoms with Crippen molar-refractivity contribution in [2.75, 3.05) is 11.1 Å². The predicted octanol–water partition coefficient (Wildman–Crippen LogP) is 3.28. The van der Waals surface area contributed by atoms with E-state index in [1.165, 1.54) is 13.0 Å². The van der Waals surface area contributed by atoms with Gasteiger partial charge in [-0.25, -0.2) is 13.6 Å². The molecule has 0 saturated heterocycles. The van der Waals surface area contributed by atoms with Gasteiger partial charge in [-0.05, 0) is 31.2 Å². The lowest BCUT2D eigenvalue weighted by Gasteiger charge is -2.15. The number of benzene rings is 2. The summed E-state index contributed by atoms with van der Waals surface area (Å²) in [5.74, 6) is -2.99. The fraction of sp³-hybridized carbons (Fsp3) is 0.222. The molecule has 0 unspecified atom stereocenters. The van der Waals surface area contributed by atoms with Gasteiger partial charge in [-0.1, -0.05) is 19.1 Å². The maximum Gasteiger partial charge on any atom is 0.340 e. The molecular weight excluding hydrogens is 364 g/mol. The van der Waals surface area contributed by atoms with Crippen LogP contribution < -0.4 is 5.32 Å². The molecule has 0 spiro atoms. The normalized spacial score (nSPS) is 12.9. The molecule has 0 aliphatic rings. The highest BCUT2D eigenvalue weighted by Gasteiger charge is 2.22. The largest absolute Gasteiger partial charge is 0.449 e. The van der Waals surface area contributed by atoms with Crippen LogP contribution in [0.4, 0.5) is 14.5 Å². The number of halogens is 2. The number of hydrogen-bond donors (Lipinski definition) is 1. The molecule has 0 bridgehead atoms. The monoisotopic (exact) mass is 381 g/mol. The van der Waals surface area contributed by atoms with E-state index in [4.69, 9.17) is 4.74 Å². The van der Waals surface area contributed by atoms with Crippen LogP contribution in [0.25, 0.3) is 0 Å².